The first-order valence-electron chi connectivity index (χ1n) is 5.12. The highest BCUT2D eigenvalue weighted by Gasteiger charge is 2.22. The van der Waals surface area contributed by atoms with Gasteiger partial charge in [-0.1, -0.05) is 50.0 Å². The lowest BCUT2D eigenvalue weighted by atomic mass is 9.82. The van der Waals surface area contributed by atoms with Crippen LogP contribution in [-0.4, -0.2) is 11.1 Å². The molecule has 0 heterocycles. The molecular weight excluding hydrogens is 259 g/mol. The van der Waals surface area contributed by atoms with Gasteiger partial charge in [0, 0.05) is 16.1 Å². The van der Waals surface area contributed by atoms with Gasteiger partial charge in [0.25, 0.3) is 0 Å². The molecule has 2 nitrogen and oxygen atoms in total. The second-order valence-electron chi connectivity index (χ2n) is 4.77. The van der Waals surface area contributed by atoms with E-state index in [1.54, 1.807) is 18.2 Å². The van der Waals surface area contributed by atoms with E-state index < -0.39 is 5.97 Å². The zero-order chi connectivity index (χ0) is 13.2. The number of carbonyl (C=O) groups is 1. The highest BCUT2D eigenvalue weighted by atomic mass is 35.5. The summed E-state index contributed by atoms with van der Waals surface area (Å²) in [4.78, 5) is 10.9. The van der Waals surface area contributed by atoms with E-state index in [4.69, 9.17) is 28.3 Å². The number of hydrogen-bond donors (Lipinski definition) is 1. The van der Waals surface area contributed by atoms with Crippen molar-refractivity contribution in [2.24, 2.45) is 5.41 Å². The standard InChI is InChI=1S/C13H14Cl2O2/c1-13(2,3)10(7-12(16)17)9-5-4-8(14)6-11(9)15/h4-7H,1-3H3,(H,16,17)/b10-7-. The lowest BCUT2D eigenvalue weighted by molar-refractivity contribution is -0.131. The molecule has 0 spiro atoms. The van der Waals surface area contributed by atoms with Gasteiger partial charge in [-0.15, -0.1) is 0 Å². The van der Waals surface area contributed by atoms with Crippen LogP contribution in [0.3, 0.4) is 0 Å². The lowest BCUT2D eigenvalue weighted by Gasteiger charge is -2.23. The Balaban J connectivity index is 3.38. The van der Waals surface area contributed by atoms with Crippen molar-refractivity contribution in [3.8, 4) is 0 Å². The fraction of sp³-hybridized carbons (Fsp3) is 0.308. The first-order chi connectivity index (χ1) is 7.71. The summed E-state index contributed by atoms with van der Waals surface area (Å²) in [5, 5.41) is 9.90. The average Bonchev–Trinajstić information content (AvgIpc) is 2.13. The molecular formula is C13H14Cl2O2. The third kappa shape index (κ3) is 3.76. The Kier molecular flexibility index (Phi) is 4.23. The van der Waals surface area contributed by atoms with Gasteiger partial charge in [-0.3, -0.25) is 0 Å². The smallest absolute Gasteiger partial charge is 0.328 e. The minimum Gasteiger partial charge on any atom is -0.478 e. The Hall–Kier alpha value is -0.990. The average molecular weight is 273 g/mol. The molecule has 0 aromatic heterocycles. The molecule has 1 aromatic carbocycles. The second kappa shape index (κ2) is 5.11. The van der Waals surface area contributed by atoms with Gasteiger partial charge in [-0.25, -0.2) is 4.79 Å². The molecule has 0 fully saturated rings. The van der Waals surface area contributed by atoms with Crippen LogP contribution in [0.4, 0.5) is 0 Å². The largest absolute Gasteiger partial charge is 0.478 e. The van der Waals surface area contributed by atoms with Crippen LogP contribution in [-0.2, 0) is 4.79 Å². The molecule has 92 valence electrons. The number of hydrogen-bond acceptors (Lipinski definition) is 1. The van der Waals surface area contributed by atoms with E-state index in [2.05, 4.69) is 0 Å². The minimum atomic E-state index is -0.985. The van der Waals surface area contributed by atoms with Gasteiger partial charge in [0.15, 0.2) is 0 Å². The molecule has 0 aliphatic rings. The third-order valence-electron chi connectivity index (χ3n) is 2.30. The van der Waals surface area contributed by atoms with E-state index in [1.807, 2.05) is 20.8 Å². The van der Waals surface area contributed by atoms with E-state index >= 15 is 0 Å². The van der Waals surface area contributed by atoms with Crippen molar-refractivity contribution in [1.82, 2.24) is 0 Å². The van der Waals surface area contributed by atoms with Gasteiger partial charge in [0.2, 0.25) is 0 Å². The van der Waals surface area contributed by atoms with E-state index in [9.17, 15) is 4.79 Å². The fourth-order valence-corrected chi connectivity index (χ4v) is 2.04. The zero-order valence-electron chi connectivity index (χ0n) is 9.92. The summed E-state index contributed by atoms with van der Waals surface area (Å²) in [7, 11) is 0. The van der Waals surface area contributed by atoms with Gasteiger partial charge in [0.05, 0.1) is 0 Å². The van der Waals surface area contributed by atoms with E-state index in [0.29, 0.717) is 21.2 Å². The fourth-order valence-electron chi connectivity index (χ4n) is 1.53. The van der Waals surface area contributed by atoms with Crippen molar-refractivity contribution in [3.63, 3.8) is 0 Å². The molecule has 17 heavy (non-hydrogen) atoms. The molecule has 0 radical (unpaired) electrons. The Labute approximate surface area is 111 Å². The summed E-state index contributed by atoms with van der Waals surface area (Å²) in [6, 6.07) is 5.05. The summed E-state index contributed by atoms with van der Waals surface area (Å²) in [6.45, 7) is 5.81. The molecule has 1 N–H and O–H groups in total. The predicted molar refractivity (Wildman–Crippen MR) is 71.5 cm³/mol. The highest BCUT2D eigenvalue weighted by molar-refractivity contribution is 6.35. The highest BCUT2D eigenvalue weighted by Crippen LogP contribution is 2.38. The summed E-state index contributed by atoms with van der Waals surface area (Å²) in [5.41, 5.74) is 1.06. The summed E-state index contributed by atoms with van der Waals surface area (Å²) in [6.07, 6.45) is 1.19. The van der Waals surface area contributed by atoms with Crippen molar-refractivity contribution < 1.29 is 9.90 Å². The number of aliphatic carboxylic acids is 1. The maximum absolute atomic E-state index is 10.9. The number of halogens is 2. The Morgan fingerprint density at radius 3 is 2.29 bits per heavy atom. The Bertz CT molecular complexity index is 471. The van der Waals surface area contributed by atoms with Crippen LogP contribution in [0, 0.1) is 5.41 Å². The van der Waals surface area contributed by atoms with E-state index in [1.165, 1.54) is 6.08 Å². The van der Waals surface area contributed by atoms with Crippen molar-refractivity contribution >= 4 is 34.7 Å². The quantitative estimate of drug-likeness (QED) is 0.805. The van der Waals surface area contributed by atoms with E-state index in [0.717, 1.165) is 0 Å². The molecule has 1 rings (SSSR count). The molecule has 0 atom stereocenters. The summed E-state index contributed by atoms with van der Waals surface area (Å²) >= 11 is 11.9. The normalized spacial score (nSPS) is 12.6. The maximum atomic E-state index is 10.9. The Morgan fingerprint density at radius 1 is 1.29 bits per heavy atom. The van der Waals surface area contributed by atoms with E-state index in [-0.39, 0.29) is 5.41 Å². The van der Waals surface area contributed by atoms with Gasteiger partial charge >= 0.3 is 5.97 Å². The summed E-state index contributed by atoms with van der Waals surface area (Å²) < 4.78 is 0. The SMILES string of the molecule is CC(C)(C)/C(=C\C(=O)O)c1ccc(Cl)cc1Cl. The van der Waals surface area contributed by atoms with Gasteiger partial charge in [0.1, 0.15) is 0 Å². The van der Waals surface area contributed by atoms with Gasteiger partial charge < -0.3 is 5.11 Å². The number of carboxylic acid groups (broad SMARTS) is 1. The molecule has 0 amide bonds. The minimum absolute atomic E-state index is 0.310. The topological polar surface area (TPSA) is 37.3 Å². The van der Waals surface area contributed by atoms with Crippen LogP contribution in [0.15, 0.2) is 24.3 Å². The second-order valence-corrected chi connectivity index (χ2v) is 5.61. The maximum Gasteiger partial charge on any atom is 0.328 e. The molecule has 1 aromatic rings. The van der Waals surface area contributed by atoms with Crippen LogP contribution >= 0.6 is 23.2 Å². The van der Waals surface area contributed by atoms with Gasteiger partial charge in [-0.2, -0.15) is 0 Å². The molecule has 0 unspecified atom stereocenters. The zero-order valence-corrected chi connectivity index (χ0v) is 11.4. The van der Waals surface area contributed by atoms with Crippen molar-refractivity contribution in [2.75, 3.05) is 0 Å². The molecule has 0 saturated carbocycles. The van der Waals surface area contributed by atoms with Crippen molar-refractivity contribution in [3.05, 3.63) is 39.9 Å². The Morgan fingerprint density at radius 2 is 1.88 bits per heavy atom. The molecule has 4 heteroatoms. The number of allylic oxidation sites excluding steroid dienone is 1. The number of benzene rings is 1. The lowest BCUT2D eigenvalue weighted by Crippen LogP contribution is -2.10. The van der Waals surface area contributed by atoms with Crippen LogP contribution in [0.25, 0.3) is 5.57 Å². The molecule has 0 saturated heterocycles. The van der Waals surface area contributed by atoms with Crippen molar-refractivity contribution in [2.45, 2.75) is 20.8 Å². The third-order valence-corrected chi connectivity index (χ3v) is 2.84. The molecule has 0 aliphatic carbocycles. The first-order valence-corrected chi connectivity index (χ1v) is 5.88. The van der Waals surface area contributed by atoms with Crippen molar-refractivity contribution in [1.29, 1.82) is 0 Å². The van der Waals surface area contributed by atoms with Crippen LogP contribution in [0.5, 0.6) is 0 Å². The molecule has 0 bridgehead atoms. The summed E-state index contributed by atoms with van der Waals surface area (Å²) in [5.74, 6) is -0.985. The van der Waals surface area contributed by atoms with Crippen LogP contribution in [0.1, 0.15) is 26.3 Å². The number of rotatable bonds is 2. The van der Waals surface area contributed by atoms with Gasteiger partial charge in [-0.05, 0) is 28.7 Å². The first kappa shape index (κ1) is 14.1. The number of carboxylic acids is 1. The molecule has 0 aliphatic heterocycles. The van der Waals surface area contributed by atoms with Crippen LogP contribution < -0.4 is 0 Å². The predicted octanol–water partition coefficient (Wildman–Crippen LogP) is 4.51. The van der Waals surface area contributed by atoms with Crippen LogP contribution in [0.2, 0.25) is 10.0 Å². The monoisotopic (exact) mass is 272 g/mol.